The molecule has 106 valence electrons. The molecule has 0 amide bonds. The summed E-state index contributed by atoms with van der Waals surface area (Å²) in [6.07, 6.45) is 4.02. The molecule has 4 heteroatoms. The highest BCUT2D eigenvalue weighted by Crippen LogP contribution is 2.28. The van der Waals surface area contributed by atoms with Crippen molar-refractivity contribution < 1.29 is 0 Å². The van der Waals surface area contributed by atoms with Gasteiger partial charge in [-0.05, 0) is 31.9 Å². The maximum absolute atomic E-state index is 4.68. The molecule has 0 spiro atoms. The van der Waals surface area contributed by atoms with Gasteiger partial charge in [-0.25, -0.2) is 0 Å². The Labute approximate surface area is 119 Å². The first kappa shape index (κ1) is 12.4. The van der Waals surface area contributed by atoms with Crippen molar-refractivity contribution in [3.05, 3.63) is 30.0 Å². The van der Waals surface area contributed by atoms with E-state index >= 15 is 0 Å². The van der Waals surface area contributed by atoms with Crippen molar-refractivity contribution in [3.8, 4) is 0 Å². The van der Waals surface area contributed by atoms with Crippen LogP contribution < -0.4 is 5.32 Å². The Hall–Kier alpha value is -1.39. The van der Waals surface area contributed by atoms with Crippen LogP contribution in [-0.2, 0) is 13.6 Å². The van der Waals surface area contributed by atoms with Crippen molar-refractivity contribution >= 4 is 10.9 Å². The minimum Gasteiger partial charge on any atom is -0.307 e. The topological polar surface area (TPSA) is 33.1 Å². The molecule has 2 atom stereocenters. The van der Waals surface area contributed by atoms with Crippen LogP contribution in [0.2, 0.25) is 0 Å². The van der Waals surface area contributed by atoms with Gasteiger partial charge in [-0.1, -0.05) is 18.2 Å². The minimum absolute atomic E-state index is 0.651. The zero-order chi connectivity index (χ0) is 13.5. The summed E-state index contributed by atoms with van der Waals surface area (Å²) in [6.45, 7) is 3.46. The highest BCUT2D eigenvalue weighted by atomic mass is 15.3. The third kappa shape index (κ3) is 1.95. The van der Waals surface area contributed by atoms with E-state index in [1.807, 2.05) is 11.7 Å². The predicted molar refractivity (Wildman–Crippen MR) is 80.6 cm³/mol. The summed E-state index contributed by atoms with van der Waals surface area (Å²) in [5, 5.41) is 9.72. The molecular weight excluding hydrogens is 248 g/mol. The molecule has 2 unspecified atom stereocenters. The maximum atomic E-state index is 4.68. The van der Waals surface area contributed by atoms with Gasteiger partial charge in [0, 0.05) is 37.6 Å². The summed E-state index contributed by atoms with van der Waals surface area (Å²) in [4.78, 5) is 2.65. The van der Waals surface area contributed by atoms with E-state index in [1.165, 1.54) is 48.9 Å². The van der Waals surface area contributed by atoms with Crippen molar-refractivity contribution in [2.24, 2.45) is 7.05 Å². The molecule has 1 aromatic heterocycles. The average Bonchev–Trinajstić information content (AvgIpc) is 3.13. The first-order valence-corrected chi connectivity index (χ1v) is 7.71. The van der Waals surface area contributed by atoms with Gasteiger partial charge in [0.25, 0.3) is 0 Å². The van der Waals surface area contributed by atoms with Crippen molar-refractivity contribution in [2.45, 2.75) is 37.9 Å². The van der Waals surface area contributed by atoms with Crippen molar-refractivity contribution in [3.63, 3.8) is 0 Å². The van der Waals surface area contributed by atoms with Gasteiger partial charge in [0.05, 0.1) is 11.2 Å². The Bertz CT molecular complexity index is 618. The van der Waals surface area contributed by atoms with Crippen molar-refractivity contribution in [1.29, 1.82) is 0 Å². The number of para-hydroxylation sites is 1. The Kier molecular flexibility index (Phi) is 3.00. The van der Waals surface area contributed by atoms with Gasteiger partial charge in [-0.2, -0.15) is 5.10 Å². The molecule has 1 N–H and O–H groups in total. The quantitative estimate of drug-likeness (QED) is 0.925. The van der Waals surface area contributed by atoms with E-state index in [1.54, 1.807) is 0 Å². The smallest absolute Gasteiger partial charge is 0.0841 e. The van der Waals surface area contributed by atoms with Gasteiger partial charge < -0.3 is 5.32 Å². The van der Waals surface area contributed by atoms with E-state index in [0.717, 1.165) is 12.6 Å². The molecule has 0 aliphatic carbocycles. The monoisotopic (exact) mass is 270 g/mol. The maximum Gasteiger partial charge on any atom is 0.0841 e. The molecule has 2 aliphatic heterocycles. The summed E-state index contributed by atoms with van der Waals surface area (Å²) in [5.74, 6) is 0. The van der Waals surface area contributed by atoms with Gasteiger partial charge >= 0.3 is 0 Å². The van der Waals surface area contributed by atoms with Gasteiger partial charge in [0.1, 0.15) is 0 Å². The van der Waals surface area contributed by atoms with Crippen LogP contribution in [0.3, 0.4) is 0 Å². The third-order valence-electron chi connectivity index (χ3n) is 4.97. The third-order valence-corrected chi connectivity index (χ3v) is 4.97. The summed E-state index contributed by atoms with van der Waals surface area (Å²) in [6, 6.07) is 9.91. The number of benzene rings is 1. The molecule has 0 radical (unpaired) electrons. The second-order valence-corrected chi connectivity index (χ2v) is 6.11. The van der Waals surface area contributed by atoms with E-state index in [2.05, 4.69) is 39.6 Å². The van der Waals surface area contributed by atoms with Crippen LogP contribution in [-0.4, -0.2) is 39.9 Å². The van der Waals surface area contributed by atoms with Crippen LogP contribution in [0, 0.1) is 0 Å². The first-order valence-electron chi connectivity index (χ1n) is 7.71. The van der Waals surface area contributed by atoms with Crippen LogP contribution in [0.1, 0.15) is 25.0 Å². The van der Waals surface area contributed by atoms with E-state index < -0.39 is 0 Å². The summed E-state index contributed by atoms with van der Waals surface area (Å²) in [7, 11) is 2.03. The van der Waals surface area contributed by atoms with Gasteiger partial charge in [-0.3, -0.25) is 9.58 Å². The zero-order valence-corrected chi connectivity index (χ0v) is 12.0. The molecule has 2 saturated heterocycles. The number of hydrogen-bond donors (Lipinski definition) is 1. The molecule has 20 heavy (non-hydrogen) atoms. The van der Waals surface area contributed by atoms with E-state index in [-0.39, 0.29) is 0 Å². The minimum atomic E-state index is 0.651. The molecule has 1 aromatic carbocycles. The lowest BCUT2D eigenvalue weighted by Gasteiger charge is -2.20. The molecule has 3 heterocycles. The largest absolute Gasteiger partial charge is 0.307 e. The number of fused-ring (bicyclic) bond motifs is 2. The molecule has 2 fully saturated rings. The fraction of sp³-hybridized carbons (Fsp3) is 0.562. The summed E-state index contributed by atoms with van der Waals surface area (Å²) in [5.41, 5.74) is 2.40. The lowest BCUT2D eigenvalue weighted by Crippen LogP contribution is -2.38. The standard InChI is InChI=1S/C16H22N4/c1-19-15-6-3-2-5-12(15)14(18-19)11-17-13-8-10-20-9-4-7-16(13)20/h2-3,5-6,13,16-17H,4,7-11H2,1H3. The van der Waals surface area contributed by atoms with Crippen molar-refractivity contribution in [2.75, 3.05) is 13.1 Å². The van der Waals surface area contributed by atoms with E-state index in [0.29, 0.717) is 6.04 Å². The van der Waals surface area contributed by atoms with E-state index in [9.17, 15) is 0 Å². The normalized spacial score (nSPS) is 26.4. The average molecular weight is 270 g/mol. The molecule has 4 nitrogen and oxygen atoms in total. The number of aromatic nitrogens is 2. The Balaban J connectivity index is 1.51. The van der Waals surface area contributed by atoms with Gasteiger partial charge in [-0.15, -0.1) is 0 Å². The number of rotatable bonds is 3. The first-order chi connectivity index (χ1) is 9.83. The molecule has 2 aliphatic rings. The van der Waals surface area contributed by atoms with Crippen LogP contribution in [0.4, 0.5) is 0 Å². The second-order valence-electron chi connectivity index (χ2n) is 6.11. The summed E-state index contributed by atoms with van der Waals surface area (Å²) < 4.78 is 1.99. The predicted octanol–water partition coefficient (Wildman–Crippen LogP) is 1.90. The Morgan fingerprint density at radius 1 is 1.25 bits per heavy atom. The fourth-order valence-electron chi connectivity index (χ4n) is 3.97. The molecule has 0 bridgehead atoms. The van der Waals surface area contributed by atoms with Gasteiger partial charge in [0.2, 0.25) is 0 Å². The lowest BCUT2D eigenvalue weighted by molar-refractivity contribution is 0.298. The summed E-state index contributed by atoms with van der Waals surface area (Å²) >= 11 is 0. The van der Waals surface area contributed by atoms with Crippen LogP contribution in [0.25, 0.3) is 10.9 Å². The van der Waals surface area contributed by atoms with Gasteiger partial charge in [0.15, 0.2) is 0 Å². The van der Waals surface area contributed by atoms with E-state index in [4.69, 9.17) is 0 Å². The molecular formula is C16H22N4. The SMILES string of the molecule is Cn1nc(CNC2CCN3CCCC23)c2ccccc21. The highest BCUT2D eigenvalue weighted by molar-refractivity contribution is 5.81. The van der Waals surface area contributed by atoms with Crippen molar-refractivity contribution in [1.82, 2.24) is 20.0 Å². The van der Waals surface area contributed by atoms with Crippen LogP contribution >= 0.6 is 0 Å². The molecule has 4 rings (SSSR count). The fourth-order valence-corrected chi connectivity index (χ4v) is 3.97. The number of hydrogen-bond acceptors (Lipinski definition) is 3. The molecule has 0 saturated carbocycles. The number of nitrogens with zero attached hydrogens (tertiary/aromatic N) is 3. The number of aryl methyl sites for hydroxylation is 1. The number of nitrogens with one attached hydrogen (secondary N) is 1. The second kappa shape index (κ2) is 4.86. The highest BCUT2D eigenvalue weighted by Gasteiger charge is 2.36. The zero-order valence-electron chi connectivity index (χ0n) is 12.0. The Morgan fingerprint density at radius 2 is 2.15 bits per heavy atom. The molecule has 2 aromatic rings. The Morgan fingerprint density at radius 3 is 3.10 bits per heavy atom. The lowest BCUT2D eigenvalue weighted by atomic mass is 10.1. The van der Waals surface area contributed by atoms with Crippen LogP contribution in [0.15, 0.2) is 24.3 Å². The van der Waals surface area contributed by atoms with Crippen LogP contribution in [0.5, 0.6) is 0 Å².